The maximum atomic E-state index is 12.3. The molecule has 0 saturated heterocycles. The van der Waals surface area contributed by atoms with Crippen LogP contribution < -0.4 is 4.72 Å². The summed E-state index contributed by atoms with van der Waals surface area (Å²) in [5, 5.41) is 9.45. The Morgan fingerprint density at radius 1 is 1.16 bits per heavy atom. The van der Waals surface area contributed by atoms with E-state index in [4.69, 9.17) is 0 Å². The van der Waals surface area contributed by atoms with Crippen LogP contribution in [0.1, 0.15) is 58.8 Å². The van der Waals surface area contributed by atoms with Crippen molar-refractivity contribution in [1.29, 1.82) is 5.26 Å². The molecular weight excluding hydrogens is 262 g/mol. The summed E-state index contributed by atoms with van der Waals surface area (Å²) in [4.78, 5) is 0. The first kappa shape index (κ1) is 16.4. The Morgan fingerprint density at radius 3 is 2.05 bits per heavy atom. The molecule has 0 bridgehead atoms. The molecule has 1 rings (SSSR count). The van der Waals surface area contributed by atoms with Crippen molar-refractivity contribution in [3.8, 4) is 6.07 Å². The maximum absolute atomic E-state index is 12.3. The van der Waals surface area contributed by atoms with Crippen molar-refractivity contribution in [2.45, 2.75) is 70.4 Å². The van der Waals surface area contributed by atoms with Crippen molar-refractivity contribution < 1.29 is 8.42 Å². The summed E-state index contributed by atoms with van der Waals surface area (Å²) in [6.45, 7) is 3.63. The van der Waals surface area contributed by atoms with Gasteiger partial charge in [0, 0.05) is 13.1 Å². The Hall–Kier alpha value is -0.640. The highest BCUT2D eigenvalue weighted by molar-refractivity contribution is 7.87. The normalized spacial score (nSPS) is 20.8. The zero-order valence-corrected chi connectivity index (χ0v) is 13.0. The van der Waals surface area contributed by atoms with Crippen LogP contribution in [0.25, 0.3) is 0 Å². The Morgan fingerprint density at radius 2 is 1.63 bits per heavy atom. The SMILES string of the molecule is CC(C)N(C)S(=O)(=O)NC1(C#N)CCCCCCC1. The minimum atomic E-state index is -3.60. The van der Waals surface area contributed by atoms with E-state index in [-0.39, 0.29) is 6.04 Å². The number of nitrogens with zero attached hydrogens (tertiary/aromatic N) is 2. The van der Waals surface area contributed by atoms with Crippen LogP contribution in [-0.2, 0) is 10.2 Å². The molecule has 0 radical (unpaired) electrons. The fourth-order valence-electron chi connectivity index (χ4n) is 2.34. The first-order valence-corrected chi connectivity index (χ1v) is 8.45. The van der Waals surface area contributed by atoms with Crippen molar-refractivity contribution in [3.63, 3.8) is 0 Å². The van der Waals surface area contributed by atoms with Crippen LogP contribution in [0, 0.1) is 11.3 Å². The third-order valence-corrected chi connectivity index (χ3v) is 5.68. The standard InChI is InChI=1S/C13H25N3O2S/c1-12(2)16(3)19(17,18)15-13(11-14)9-7-5-4-6-8-10-13/h12,15H,4-10H2,1-3H3. The first-order chi connectivity index (χ1) is 8.83. The van der Waals surface area contributed by atoms with Gasteiger partial charge in [0.25, 0.3) is 10.2 Å². The summed E-state index contributed by atoms with van der Waals surface area (Å²) in [6, 6.07) is 2.09. The molecule has 0 atom stereocenters. The van der Waals surface area contributed by atoms with Crippen LogP contribution >= 0.6 is 0 Å². The summed E-state index contributed by atoms with van der Waals surface area (Å²) in [7, 11) is -2.05. The van der Waals surface area contributed by atoms with E-state index in [1.54, 1.807) is 7.05 Å². The number of hydrogen-bond acceptors (Lipinski definition) is 3. The van der Waals surface area contributed by atoms with Crippen LogP contribution in [-0.4, -0.2) is 31.4 Å². The first-order valence-electron chi connectivity index (χ1n) is 7.01. The lowest BCUT2D eigenvalue weighted by Crippen LogP contribution is -2.53. The number of rotatable bonds is 4. The fraction of sp³-hybridized carbons (Fsp3) is 0.923. The zero-order valence-electron chi connectivity index (χ0n) is 12.1. The van der Waals surface area contributed by atoms with Gasteiger partial charge in [0.15, 0.2) is 0 Å². The van der Waals surface area contributed by atoms with E-state index < -0.39 is 15.7 Å². The molecule has 1 saturated carbocycles. The van der Waals surface area contributed by atoms with E-state index in [9.17, 15) is 13.7 Å². The van der Waals surface area contributed by atoms with Gasteiger partial charge in [-0.3, -0.25) is 0 Å². The molecule has 0 spiro atoms. The van der Waals surface area contributed by atoms with Gasteiger partial charge in [-0.05, 0) is 26.7 Å². The molecule has 1 aliphatic rings. The predicted molar refractivity (Wildman–Crippen MR) is 75.6 cm³/mol. The Labute approximate surface area is 117 Å². The number of nitrogens with one attached hydrogen (secondary N) is 1. The lowest BCUT2D eigenvalue weighted by Gasteiger charge is -2.32. The quantitative estimate of drug-likeness (QED) is 0.861. The molecule has 0 aromatic carbocycles. The highest BCUT2D eigenvalue weighted by Gasteiger charge is 2.36. The molecule has 0 aromatic rings. The van der Waals surface area contributed by atoms with E-state index in [2.05, 4.69) is 10.8 Å². The highest BCUT2D eigenvalue weighted by Crippen LogP contribution is 2.27. The van der Waals surface area contributed by atoms with Gasteiger partial charge in [0.2, 0.25) is 0 Å². The average Bonchev–Trinajstić information content (AvgIpc) is 2.31. The summed E-state index contributed by atoms with van der Waals surface area (Å²) in [6.07, 6.45) is 6.35. The zero-order chi connectivity index (χ0) is 14.5. The monoisotopic (exact) mass is 287 g/mol. The van der Waals surface area contributed by atoms with Gasteiger partial charge in [-0.15, -0.1) is 0 Å². The molecule has 0 aliphatic heterocycles. The Balaban J connectivity index is 2.88. The van der Waals surface area contributed by atoms with E-state index >= 15 is 0 Å². The second kappa shape index (κ2) is 6.69. The molecule has 110 valence electrons. The second-order valence-corrected chi connectivity index (χ2v) is 7.41. The van der Waals surface area contributed by atoms with E-state index in [1.165, 1.54) is 10.7 Å². The largest absolute Gasteiger partial charge is 0.280 e. The highest BCUT2D eigenvalue weighted by atomic mass is 32.2. The van der Waals surface area contributed by atoms with Crippen molar-refractivity contribution in [3.05, 3.63) is 0 Å². The third kappa shape index (κ3) is 4.44. The van der Waals surface area contributed by atoms with Crippen LogP contribution in [0.3, 0.4) is 0 Å². The van der Waals surface area contributed by atoms with Gasteiger partial charge in [-0.1, -0.05) is 32.1 Å². The average molecular weight is 287 g/mol. The summed E-state index contributed by atoms with van der Waals surface area (Å²) >= 11 is 0. The predicted octanol–water partition coefficient (Wildman–Crippen LogP) is 2.17. The van der Waals surface area contributed by atoms with Crippen LogP contribution in [0.5, 0.6) is 0 Å². The maximum Gasteiger partial charge on any atom is 0.280 e. The van der Waals surface area contributed by atoms with E-state index in [0.29, 0.717) is 12.8 Å². The molecule has 1 N–H and O–H groups in total. The van der Waals surface area contributed by atoms with Crippen LogP contribution in [0.2, 0.25) is 0 Å². The molecular formula is C13H25N3O2S. The van der Waals surface area contributed by atoms with E-state index in [1.807, 2.05) is 13.8 Å². The smallest absolute Gasteiger partial charge is 0.196 e. The summed E-state index contributed by atoms with van der Waals surface area (Å²) in [5.41, 5.74) is -0.928. The third-order valence-electron chi connectivity index (χ3n) is 3.85. The summed E-state index contributed by atoms with van der Waals surface area (Å²) in [5.74, 6) is 0. The lowest BCUT2D eigenvalue weighted by atomic mass is 9.86. The van der Waals surface area contributed by atoms with Gasteiger partial charge in [-0.25, -0.2) is 0 Å². The van der Waals surface area contributed by atoms with Crippen LogP contribution in [0.15, 0.2) is 0 Å². The van der Waals surface area contributed by atoms with Gasteiger partial charge in [-0.2, -0.15) is 22.7 Å². The molecule has 1 fully saturated rings. The molecule has 1 aliphatic carbocycles. The molecule has 0 heterocycles. The molecule has 0 unspecified atom stereocenters. The number of hydrogen-bond donors (Lipinski definition) is 1. The minimum absolute atomic E-state index is 0.123. The molecule has 0 amide bonds. The van der Waals surface area contributed by atoms with Gasteiger partial charge < -0.3 is 0 Å². The lowest BCUT2D eigenvalue weighted by molar-refractivity contribution is 0.335. The van der Waals surface area contributed by atoms with Crippen molar-refractivity contribution >= 4 is 10.2 Å². The second-order valence-electron chi connectivity index (χ2n) is 5.68. The molecule has 5 nitrogen and oxygen atoms in total. The fourth-order valence-corrected chi connectivity index (χ4v) is 3.78. The minimum Gasteiger partial charge on any atom is -0.196 e. The van der Waals surface area contributed by atoms with Crippen molar-refractivity contribution in [1.82, 2.24) is 9.03 Å². The molecule has 19 heavy (non-hydrogen) atoms. The Kier molecular flexibility index (Phi) is 5.78. The van der Waals surface area contributed by atoms with Crippen LogP contribution in [0.4, 0.5) is 0 Å². The Bertz CT molecular complexity index is 418. The van der Waals surface area contributed by atoms with Gasteiger partial charge in [0.05, 0.1) is 6.07 Å². The molecule has 6 heteroatoms. The van der Waals surface area contributed by atoms with Crippen molar-refractivity contribution in [2.24, 2.45) is 0 Å². The topological polar surface area (TPSA) is 73.2 Å². The van der Waals surface area contributed by atoms with Gasteiger partial charge >= 0.3 is 0 Å². The van der Waals surface area contributed by atoms with Crippen molar-refractivity contribution in [2.75, 3.05) is 7.05 Å². The van der Waals surface area contributed by atoms with Gasteiger partial charge in [0.1, 0.15) is 5.54 Å². The molecule has 0 aromatic heterocycles. The number of nitriles is 1. The van der Waals surface area contributed by atoms with E-state index in [0.717, 1.165) is 25.7 Å². The summed E-state index contributed by atoms with van der Waals surface area (Å²) < 4.78 is 28.5.